The van der Waals surface area contributed by atoms with Gasteiger partial charge >= 0.3 is 12.2 Å². The van der Waals surface area contributed by atoms with Gasteiger partial charge in [0.05, 0.1) is 58.8 Å². The van der Waals surface area contributed by atoms with Gasteiger partial charge < -0.3 is 53.8 Å². The Morgan fingerprint density at radius 1 is 0.600 bits per heavy atom. The summed E-state index contributed by atoms with van der Waals surface area (Å²) in [6, 6.07) is 13.3. The summed E-state index contributed by atoms with van der Waals surface area (Å²) in [7, 11) is 2.01. The number of carbonyl (C=O) groups is 11. The standard InChI is InChI=1S/C37H51N3O9.C36H47N3O9.CH3F.CH4/c1-6-10-25(32(46-5)30(42)17-23-13-14-23)18-29(41)28-20-37(19-27(39-49-37)31(43)24-11-8-7-9-12-24)22-40(28)34(44)33(36(2,3)4)38-35(45)48-26-15-16-47-21-26;1-5-9-24(31(43)29(41)16-22-12-13-22)17-28(40)27-19-36(18-26(38-48-36)30(42)23-10-7-6-8-11-23)21-39(27)33(44)32(35(2,3)4)37-34(45)47-25-14-15-46-20-25;1-2;/h7-9,11-12,23,25-26,28,32-33H,6,10,13-22H2,1-5H3,(H,38,45);6-8,10-11,22,24-25,27,32H,5,9,12-21H2,1-4H3,(H,37,45);1H3;1H4/t25-,26+,28+,32?,33-,37?;24-,25+,27+,32-,36-;;/m11../s1. The van der Waals surface area contributed by atoms with Crippen molar-refractivity contribution in [2.75, 3.05) is 53.8 Å². The van der Waals surface area contributed by atoms with Crippen molar-refractivity contribution in [3.63, 3.8) is 0 Å². The van der Waals surface area contributed by atoms with Crippen LogP contribution in [0.4, 0.5) is 14.0 Å². The molecule has 10 rings (SSSR count). The van der Waals surface area contributed by atoms with E-state index in [0.717, 1.165) is 32.1 Å². The number of methoxy groups -OCH3 is 1. The van der Waals surface area contributed by atoms with E-state index in [0.29, 0.717) is 82.6 Å². The van der Waals surface area contributed by atoms with Gasteiger partial charge in [-0.3, -0.25) is 47.5 Å². The van der Waals surface area contributed by atoms with Crippen LogP contribution in [-0.4, -0.2) is 193 Å². The van der Waals surface area contributed by atoms with Crippen LogP contribution < -0.4 is 10.6 Å². The Hall–Kier alpha value is -7.64. The lowest BCUT2D eigenvalue weighted by atomic mass is 9.84. The number of amides is 4. The first-order valence-electron chi connectivity index (χ1n) is 35.1. The van der Waals surface area contributed by atoms with Gasteiger partial charge in [0.15, 0.2) is 34.3 Å². The minimum absolute atomic E-state index is 0. The number of halogens is 1. The van der Waals surface area contributed by atoms with Crippen LogP contribution in [0.15, 0.2) is 71.0 Å². The number of nitrogens with zero attached hydrogens (tertiary/aromatic N) is 4. The zero-order chi connectivity index (χ0) is 72.0. The molecule has 100 heavy (non-hydrogen) atoms. The van der Waals surface area contributed by atoms with E-state index in [1.165, 1.54) is 16.9 Å². The van der Waals surface area contributed by atoms with Crippen molar-refractivity contribution in [3.05, 3.63) is 71.8 Å². The molecule has 4 saturated heterocycles. The molecule has 2 unspecified atom stereocenters. The van der Waals surface area contributed by atoms with Crippen LogP contribution in [0.1, 0.15) is 199 Å². The Labute approximate surface area is 587 Å². The second kappa shape index (κ2) is 35.3. The molecule has 2 saturated carbocycles. The van der Waals surface area contributed by atoms with E-state index in [9.17, 15) is 57.1 Å². The van der Waals surface area contributed by atoms with Gasteiger partial charge in [0.1, 0.15) is 41.8 Å². The van der Waals surface area contributed by atoms with Crippen LogP contribution in [0, 0.1) is 34.5 Å². The number of ether oxygens (including phenoxy) is 5. The van der Waals surface area contributed by atoms with Crippen LogP contribution in [0.5, 0.6) is 0 Å². The number of benzene rings is 2. The zero-order valence-corrected chi connectivity index (χ0v) is 59.1. The SMILES string of the molecule is C.CCC[C@H](CC(=O)[C@@H]1CC2(CC(C(=O)c3ccccc3)=NO2)CN1C(=O)[C@@H](NC(=O)O[C@H]1CCOC1)C(C)(C)C)C(OC)C(=O)CC1CC1.CCC[C@H](CC(=O)[C@@H]1C[C@]2(CC(C(=O)c3ccccc3)=NO2)CN1C(=O)[C@@H](NC(=O)O[C@H]1CCOC1)C(C)(C)C)C(=O)C(=O)CC1CC1.CF. The lowest BCUT2D eigenvalue weighted by molar-refractivity contribution is -0.143. The molecule has 4 amide bonds. The van der Waals surface area contributed by atoms with Crippen molar-refractivity contribution in [3.8, 4) is 0 Å². The van der Waals surface area contributed by atoms with Gasteiger partial charge in [-0.25, -0.2) is 9.59 Å². The van der Waals surface area contributed by atoms with Crippen molar-refractivity contribution in [2.24, 2.45) is 44.8 Å². The molecule has 11 atom stereocenters. The van der Waals surface area contributed by atoms with Gasteiger partial charge in [-0.2, -0.15) is 0 Å². The van der Waals surface area contributed by atoms with Crippen LogP contribution in [0.3, 0.4) is 0 Å². The summed E-state index contributed by atoms with van der Waals surface area (Å²) in [5.74, 6) is -3.69. The smallest absolute Gasteiger partial charge is 0.408 e. The summed E-state index contributed by atoms with van der Waals surface area (Å²) in [4.78, 5) is 164. The van der Waals surface area contributed by atoms with E-state index in [1.54, 1.807) is 75.4 Å². The molecule has 25 heteroatoms. The summed E-state index contributed by atoms with van der Waals surface area (Å²) in [5.41, 5.74) is -2.51. The minimum atomic E-state index is -1.16. The van der Waals surface area contributed by atoms with Crippen molar-refractivity contribution in [1.82, 2.24) is 20.4 Å². The first-order chi connectivity index (χ1) is 47.1. The number of alkyl halides is 1. The van der Waals surface area contributed by atoms with Crippen LogP contribution in [0.2, 0.25) is 0 Å². The molecule has 2 spiro atoms. The molecule has 8 aliphatic rings. The number of oxime groups is 2. The van der Waals surface area contributed by atoms with E-state index >= 15 is 0 Å². The van der Waals surface area contributed by atoms with E-state index in [1.807, 2.05) is 40.7 Å². The average Bonchev–Trinajstić information content (AvgIpc) is 1.60. The number of hydrogen-bond donors (Lipinski definition) is 2. The van der Waals surface area contributed by atoms with E-state index in [-0.39, 0.29) is 124 Å². The lowest BCUT2D eigenvalue weighted by Gasteiger charge is -2.35. The topological polar surface area (TPSA) is 308 Å². The fraction of sp³-hybridized carbons (Fsp3) is 0.667. The third-order valence-electron chi connectivity index (χ3n) is 19.7. The highest BCUT2D eigenvalue weighted by Gasteiger charge is 2.58. The Balaban J connectivity index is 0.000000272. The predicted octanol–water partition coefficient (Wildman–Crippen LogP) is 10.1. The maximum Gasteiger partial charge on any atom is 0.408 e. The molecule has 2 aromatic carbocycles. The molecular formula is C75H105FN6O18. The molecule has 0 radical (unpaired) electrons. The number of nitrogens with one attached hydrogen (secondary N) is 2. The Kier molecular flexibility index (Phi) is 28.1. The van der Waals surface area contributed by atoms with Gasteiger partial charge in [-0.1, -0.05) is 147 Å². The molecular weight excluding hydrogens is 1290 g/mol. The first kappa shape index (κ1) is 79.7. The van der Waals surface area contributed by atoms with E-state index in [2.05, 4.69) is 20.9 Å². The number of likely N-dealkylation sites (tertiary alicyclic amines) is 2. The monoisotopic (exact) mass is 1400 g/mol. The molecule has 2 aromatic rings. The average molecular weight is 1400 g/mol. The van der Waals surface area contributed by atoms with Gasteiger partial charge in [-0.05, 0) is 67.1 Å². The molecule has 0 bridgehead atoms. The number of ketones is 7. The second-order valence-corrected chi connectivity index (χ2v) is 30.0. The summed E-state index contributed by atoms with van der Waals surface area (Å²) in [5, 5.41) is 13.8. The lowest BCUT2D eigenvalue weighted by Crippen LogP contribution is -2.57. The largest absolute Gasteiger partial charge is 0.444 e. The first-order valence-corrected chi connectivity index (χ1v) is 35.1. The summed E-state index contributed by atoms with van der Waals surface area (Å²) in [6.45, 7) is 16.2. The third-order valence-corrected chi connectivity index (χ3v) is 19.7. The van der Waals surface area contributed by atoms with Crippen molar-refractivity contribution in [1.29, 1.82) is 0 Å². The normalized spacial score (nSPS) is 24.4. The maximum absolute atomic E-state index is 14.5. The van der Waals surface area contributed by atoms with E-state index in [4.69, 9.17) is 33.4 Å². The van der Waals surface area contributed by atoms with Crippen molar-refractivity contribution < 1.29 is 90.5 Å². The Morgan fingerprint density at radius 3 is 1.40 bits per heavy atom. The number of rotatable bonds is 29. The fourth-order valence-corrected chi connectivity index (χ4v) is 14.0. The molecule has 6 heterocycles. The summed E-state index contributed by atoms with van der Waals surface area (Å²) >= 11 is 0. The van der Waals surface area contributed by atoms with Gasteiger partial charge in [0.25, 0.3) is 0 Å². The molecule has 2 N–H and O–H groups in total. The quantitative estimate of drug-likeness (QED) is 0.0565. The van der Waals surface area contributed by atoms with E-state index < -0.39 is 106 Å². The molecule has 0 aromatic heterocycles. The fourth-order valence-electron chi connectivity index (χ4n) is 14.0. The highest BCUT2D eigenvalue weighted by Crippen LogP contribution is 2.44. The minimum Gasteiger partial charge on any atom is -0.444 e. The summed E-state index contributed by atoms with van der Waals surface area (Å²) in [6.07, 6.45) is 5.10. The van der Waals surface area contributed by atoms with Crippen LogP contribution in [0.25, 0.3) is 0 Å². The van der Waals surface area contributed by atoms with Crippen molar-refractivity contribution in [2.45, 2.75) is 232 Å². The molecule has 24 nitrogen and oxygen atoms in total. The Morgan fingerprint density at radius 2 is 1.02 bits per heavy atom. The molecule has 6 aliphatic heterocycles. The van der Waals surface area contributed by atoms with Crippen molar-refractivity contribution >= 4 is 75.9 Å². The van der Waals surface area contributed by atoms with Gasteiger partial charge in [0.2, 0.25) is 29.2 Å². The third kappa shape index (κ3) is 20.8. The molecule has 2 aliphatic carbocycles. The number of carbonyl (C=O) groups excluding carboxylic acids is 11. The van der Waals surface area contributed by atoms with Crippen LogP contribution >= 0.6 is 0 Å². The summed E-state index contributed by atoms with van der Waals surface area (Å²) < 4.78 is 36.9. The highest BCUT2D eigenvalue weighted by molar-refractivity contribution is 6.47. The van der Waals surface area contributed by atoms with Crippen LogP contribution in [-0.2, 0) is 66.9 Å². The maximum atomic E-state index is 14.5. The number of hydrogen-bond acceptors (Lipinski definition) is 20. The number of Topliss-reactive ketones (excluding diaryl/α,β-unsaturated/α-hetero) is 7. The highest BCUT2D eigenvalue weighted by atomic mass is 19.1. The van der Waals surface area contributed by atoms with Gasteiger partial charge in [0, 0.05) is 88.4 Å². The zero-order valence-electron chi connectivity index (χ0n) is 59.1. The van der Waals surface area contributed by atoms with Gasteiger partial charge in [-0.15, -0.1) is 0 Å². The Bertz CT molecular complexity index is 3300. The number of alkyl carbamates (subject to hydrolysis) is 2. The molecule has 550 valence electrons. The predicted molar refractivity (Wildman–Crippen MR) is 368 cm³/mol. The molecule has 6 fully saturated rings. The second-order valence-electron chi connectivity index (χ2n) is 30.0.